The van der Waals surface area contributed by atoms with E-state index in [1.807, 2.05) is 53.7 Å². The van der Waals surface area contributed by atoms with Crippen molar-refractivity contribution in [2.75, 3.05) is 44.9 Å². The summed E-state index contributed by atoms with van der Waals surface area (Å²) in [6.07, 6.45) is 8.95. The fraction of sp³-hybridized carbons (Fsp3) is 0.532. The lowest BCUT2D eigenvalue weighted by Crippen LogP contribution is -2.33. The largest absolute Gasteiger partial charge is 0.508 e. The summed E-state index contributed by atoms with van der Waals surface area (Å²) in [6, 6.07) is 6.65. The van der Waals surface area contributed by atoms with Gasteiger partial charge in [0, 0.05) is 48.5 Å². The Balaban J connectivity index is 1.81. The fourth-order valence-corrected chi connectivity index (χ4v) is 8.29. The number of hydrogen-bond acceptors (Lipinski definition) is 9. The fourth-order valence-electron chi connectivity index (χ4n) is 8.29. The summed E-state index contributed by atoms with van der Waals surface area (Å²) in [5.74, 6) is 0.435. The van der Waals surface area contributed by atoms with Crippen LogP contribution in [0.5, 0.6) is 11.8 Å². The van der Waals surface area contributed by atoms with E-state index in [-0.39, 0.29) is 36.8 Å². The van der Waals surface area contributed by atoms with Gasteiger partial charge >= 0.3 is 6.01 Å². The number of aromatic hydroxyl groups is 1. The molecule has 2 heterocycles. The molecule has 1 aliphatic carbocycles. The topological polar surface area (TPSA) is 118 Å². The van der Waals surface area contributed by atoms with Crippen molar-refractivity contribution in [1.29, 1.82) is 0 Å². The van der Waals surface area contributed by atoms with Crippen molar-refractivity contribution < 1.29 is 23.4 Å². The quantitative estimate of drug-likeness (QED) is 0.131. The van der Waals surface area contributed by atoms with Crippen molar-refractivity contribution >= 4 is 44.7 Å². The maximum atomic E-state index is 15.6. The lowest BCUT2D eigenvalue weighted by molar-refractivity contribution is 0.0945. The average molecular weight is 799 g/mol. The molecule has 3 aromatic rings. The van der Waals surface area contributed by atoms with E-state index >= 15 is 8.78 Å². The molecule has 0 amide bonds. The Labute approximate surface area is 344 Å². The van der Waals surface area contributed by atoms with E-state index in [0.29, 0.717) is 72.9 Å². The van der Waals surface area contributed by atoms with Crippen LogP contribution in [0.1, 0.15) is 123 Å². The van der Waals surface area contributed by atoms with Gasteiger partial charge in [0.2, 0.25) is 0 Å². The predicted molar refractivity (Wildman–Crippen MR) is 237 cm³/mol. The van der Waals surface area contributed by atoms with Crippen LogP contribution in [0.4, 0.5) is 14.6 Å². The summed E-state index contributed by atoms with van der Waals surface area (Å²) in [5, 5.41) is 12.6. The zero-order chi connectivity index (χ0) is 42.1. The van der Waals surface area contributed by atoms with Gasteiger partial charge in [0.1, 0.15) is 23.6 Å². The first-order chi connectivity index (χ1) is 27.8. The second-order valence-corrected chi connectivity index (χ2v) is 16.4. The predicted octanol–water partition coefficient (Wildman–Crippen LogP) is 10.5. The number of allylic oxidation sites excluding steroid dienone is 4. The number of hydrogen-bond donors (Lipinski definition) is 2. The second kappa shape index (κ2) is 19.9. The number of alkyl halides is 1. The van der Waals surface area contributed by atoms with Crippen LogP contribution >= 0.6 is 0 Å². The molecular formula is C47H64F2N6O3. The molecular weight excluding hydrogens is 735 g/mol. The van der Waals surface area contributed by atoms with Gasteiger partial charge in [0.15, 0.2) is 0 Å². The number of ether oxygens (including phenoxy) is 2. The number of aromatic nitrogens is 2. The first-order valence-corrected chi connectivity index (χ1v) is 21.1. The molecule has 2 aromatic carbocycles. The summed E-state index contributed by atoms with van der Waals surface area (Å²) in [7, 11) is 1.61. The Hall–Kier alpha value is -4.64. The van der Waals surface area contributed by atoms with Crippen LogP contribution in [-0.2, 0) is 11.2 Å². The molecule has 58 heavy (non-hydrogen) atoms. The lowest BCUT2D eigenvalue weighted by atomic mass is 9.78. The van der Waals surface area contributed by atoms with Crippen LogP contribution in [0.3, 0.4) is 0 Å². The molecule has 1 aromatic heterocycles. The normalized spacial score (nSPS) is 18.2. The zero-order valence-corrected chi connectivity index (χ0v) is 36.1. The molecule has 2 aliphatic rings. The minimum Gasteiger partial charge on any atom is -0.508 e. The molecule has 2 unspecified atom stereocenters. The molecule has 0 saturated carbocycles. The minimum atomic E-state index is -0.942. The van der Waals surface area contributed by atoms with Crippen LogP contribution in [-0.4, -0.2) is 78.7 Å². The van der Waals surface area contributed by atoms with Gasteiger partial charge in [-0.15, -0.1) is 0 Å². The number of phenolic OH excluding ortho intramolecular Hbond substituents is 1. The highest BCUT2D eigenvalue weighted by Crippen LogP contribution is 2.47. The van der Waals surface area contributed by atoms with Crippen molar-refractivity contribution in [3.63, 3.8) is 0 Å². The van der Waals surface area contributed by atoms with Crippen molar-refractivity contribution in [3.8, 4) is 11.8 Å². The highest BCUT2D eigenvalue weighted by atomic mass is 19.1. The number of methoxy groups -OCH3 is 1. The Morgan fingerprint density at radius 3 is 2.60 bits per heavy atom. The molecule has 0 fully saturated rings. The number of fused-ring (bicyclic) bond motifs is 2. The number of aliphatic imine (C=N–C) groups is 2. The SMILES string of the molecule is C/C=C1\C(=NC(C)C)C(c2cc(O)cc3ccc(F)c(CC)c23)=C(C)c2nc(OCC(C)(CCCCC)CC(F)CC)nc(N3CCCN=C(/C=C(\N)COC)C3)c21. The molecule has 11 heteroatoms. The summed E-state index contributed by atoms with van der Waals surface area (Å²) in [6.45, 7) is 18.4. The Morgan fingerprint density at radius 1 is 1.16 bits per heavy atom. The van der Waals surface area contributed by atoms with E-state index in [1.54, 1.807) is 25.3 Å². The number of phenols is 1. The van der Waals surface area contributed by atoms with Crippen molar-refractivity contribution in [2.24, 2.45) is 21.1 Å². The van der Waals surface area contributed by atoms with E-state index in [0.717, 1.165) is 70.9 Å². The summed E-state index contributed by atoms with van der Waals surface area (Å²) in [5.41, 5.74) is 13.0. The van der Waals surface area contributed by atoms with Crippen LogP contribution in [0, 0.1) is 11.2 Å². The van der Waals surface area contributed by atoms with Gasteiger partial charge in [-0.3, -0.25) is 9.98 Å². The number of aryl methyl sites for hydroxylation is 1. The van der Waals surface area contributed by atoms with Gasteiger partial charge in [0.25, 0.3) is 0 Å². The second-order valence-electron chi connectivity index (χ2n) is 16.4. The van der Waals surface area contributed by atoms with E-state index in [1.165, 1.54) is 6.07 Å². The summed E-state index contributed by atoms with van der Waals surface area (Å²) in [4.78, 5) is 22.7. The van der Waals surface area contributed by atoms with Crippen LogP contribution in [0.2, 0.25) is 0 Å². The van der Waals surface area contributed by atoms with E-state index in [2.05, 4.69) is 18.7 Å². The molecule has 2 atom stereocenters. The first-order valence-electron chi connectivity index (χ1n) is 21.1. The third-order valence-corrected chi connectivity index (χ3v) is 11.1. The average Bonchev–Trinajstić information content (AvgIpc) is 3.42. The minimum absolute atomic E-state index is 0.0679. The molecule has 314 valence electrons. The van der Waals surface area contributed by atoms with Crippen LogP contribution < -0.4 is 15.4 Å². The maximum absolute atomic E-state index is 15.6. The van der Waals surface area contributed by atoms with E-state index < -0.39 is 11.6 Å². The molecule has 3 N–H and O–H groups in total. The van der Waals surface area contributed by atoms with Crippen molar-refractivity contribution in [2.45, 2.75) is 119 Å². The van der Waals surface area contributed by atoms with Gasteiger partial charge in [0.05, 0.1) is 42.4 Å². The smallest absolute Gasteiger partial charge is 0.318 e. The number of benzene rings is 2. The molecule has 1 aliphatic heterocycles. The molecule has 0 bridgehead atoms. The third-order valence-electron chi connectivity index (χ3n) is 11.1. The van der Waals surface area contributed by atoms with Gasteiger partial charge in [-0.1, -0.05) is 59.1 Å². The van der Waals surface area contributed by atoms with Gasteiger partial charge in [-0.05, 0) is 112 Å². The monoisotopic (exact) mass is 799 g/mol. The van der Waals surface area contributed by atoms with Crippen LogP contribution in [0.25, 0.3) is 27.5 Å². The molecule has 0 spiro atoms. The van der Waals surface area contributed by atoms with Gasteiger partial charge < -0.3 is 25.2 Å². The molecule has 9 nitrogen and oxygen atoms in total. The number of halogens is 2. The number of unbranched alkanes of at least 4 members (excludes halogenated alkanes) is 2. The standard InChI is InChI=1S/C47H64F2N6O3/c1-10-14-15-19-47(8,25-32(48)11-2)28-58-46-53-43-30(7)40(38-24-35(56)22-31-17-18-39(49)36(12-3)41(31)38)44(52-29(5)6)37(13-4)42(43)45(54-46)55-21-16-20-51-34(26-55)23-33(50)27-57-9/h13,17-18,22-24,29,32,56H,10-12,14-16,19-21,25-28,50H2,1-9H3/b33-23-,37-13-,52-44?. The number of anilines is 1. The van der Waals surface area contributed by atoms with E-state index in [4.69, 9.17) is 35.2 Å². The maximum Gasteiger partial charge on any atom is 0.318 e. The highest BCUT2D eigenvalue weighted by molar-refractivity contribution is 6.51. The number of rotatable bonds is 17. The first kappa shape index (κ1) is 44.5. The number of nitrogens with zero attached hydrogens (tertiary/aromatic N) is 5. The summed E-state index contributed by atoms with van der Waals surface area (Å²) >= 11 is 0. The highest BCUT2D eigenvalue weighted by Gasteiger charge is 2.36. The number of nitrogens with two attached hydrogens (primary N) is 1. The zero-order valence-electron chi connectivity index (χ0n) is 36.1. The van der Waals surface area contributed by atoms with Gasteiger partial charge in [-0.25, -0.2) is 8.78 Å². The third kappa shape index (κ3) is 10.1. The van der Waals surface area contributed by atoms with Crippen molar-refractivity contribution in [3.05, 3.63) is 70.3 Å². The van der Waals surface area contributed by atoms with E-state index in [9.17, 15) is 5.11 Å². The Morgan fingerprint density at radius 2 is 1.93 bits per heavy atom. The van der Waals surface area contributed by atoms with Gasteiger partial charge in [-0.2, -0.15) is 9.97 Å². The molecule has 5 rings (SSSR count). The Bertz CT molecular complexity index is 2110. The molecule has 0 saturated heterocycles. The lowest BCUT2D eigenvalue weighted by Gasteiger charge is -2.33. The Kier molecular flexibility index (Phi) is 15.2. The van der Waals surface area contributed by atoms with Crippen LogP contribution in [0.15, 0.2) is 52.1 Å². The molecule has 0 radical (unpaired) electrons. The van der Waals surface area contributed by atoms with Crippen molar-refractivity contribution in [1.82, 2.24) is 9.97 Å². The summed E-state index contributed by atoms with van der Waals surface area (Å²) < 4.78 is 42.6.